The lowest BCUT2D eigenvalue weighted by Crippen LogP contribution is -2.46. The molecule has 0 spiro atoms. The number of pyridine rings is 1. The molecule has 4 unspecified atom stereocenters. The topological polar surface area (TPSA) is 73.3 Å². The highest BCUT2D eigenvalue weighted by Crippen LogP contribution is 2.41. The van der Waals surface area contributed by atoms with Gasteiger partial charge in [0.1, 0.15) is 5.75 Å². The lowest BCUT2D eigenvalue weighted by Gasteiger charge is -2.44. The first-order valence-electron chi connectivity index (χ1n) is 13.2. The Morgan fingerprint density at radius 3 is 2.39 bits per heavy atom. The summed E-state index contributed by atoms with van der Waals surface area (Å²) in [6, 6.07) is 11.6. The lowest BCUT2D eigenvalue weighted by atomic mass is 9.77. The van der Waals surface area contributed by atoms with Gasteiger partial charge in [0.15, 0.2) is 11.5 Å². The molecule has 1 aromatic heterocycles. The van der Waals surface area contributed by atoms with Crippen LogP contribution in [0.3, 0.4) is 0 Å². The summed E-state index contributed by atoms with van der Waals surface area (Å²) in [4.78, 5) is 6.90. The molecule has 1 aliphatic rings. The van der Waals surface area contributed by atoms with Crippen molar-refractivity contribution in [1.29, 1.82) is 0 Å². The van der Waals surface area contributed by atoms with Gasteiger partial charge in [-0.25, -0.2) is 0 Å². The van der Waals surface area contributed by atoms with Crippen LogP contribution in [0.5, 0.6) is 23.0 Å². The van der Waals surface area contributed by atoms with Crippen LogP contribution in [-0.2, 0) is 6.54 Å². The number of benzene rings is 2. The quantitative estimate of drug-likeness (QED) is 0.321. The number of aliphatic hydroxyl groups is 1. The number of ether oxygens (including phenoxy) is 4. The van der Waals surface area contributed by atoms with Crippen molar-refractivity contribution in [2.45, 2.75) is 44.9 Å². The van der Waals surface area contributed by atoms with E-state index >= 15 is 0 Å². The van der Waals surface area contributed by atoms with Gasteiger partial charge in [-0.2, -0.15) is 0 Å². The molecule has 0 amide bonds. The van der Waals surface area contributed by atoms with Crippen LogP contribution in [0.15, 0.2) is 55.3 Å². The molecule has 2 aromatic carbocycles. The Bertz CT molecular complexity index is 1220. The number of hydrogen-bond donors (Lipinski definition) is 1. The predicted molar refractivity (Wildman–Crippen MR) is 150 cm³/mol. The molecular weight excluding hydrogens is 480 g/mol. The predicted octanol–water partition coefficient (Wildman–Crippen LogP) is 5.80. The van der Waals surface area contributed by atoms with E-state index in [-0.39, 0.29) is 6.04 Å². The number of nitrogens with zero attached hydrogens (tertiary/aromatic N) is 2. The molecule has 1 fully saturated rings. The molecule has 1 saturated heterocycles. The first-order valence-corrected chi connectivity index (χ1v) is 13.2. The van der Waals surface area contributed by atoms with Crippen LogP contribution in [0, 0.1) is 11.8 Å². The van der Waals surface area contributed by atoms with Gasteiger partial charge in [-0.3, -0.25) is 9.88 Å². The van der Waals surface area contributed by atoms with Crippen molar-refractivity contribution < 1.29 is 24.1 Å². The van der Waals surface area contributed by atoms with E-state index in [0.29, 0.717) is 35.6 Å². The van der Waals surface area contributed by atoms with Crippen molar-refractivity contribution in [3.63, 3.8) is 0 Å². The first-order chi connectivity index (χ1) is 18.5. The summed E-state index contributed by atoms with van der Waals surface area (Å²) in [7, 11) is 6.51. The highest BCUT2D eigenvalue weighted by Gasteiger charge is 2.36. The van der Waals surface area contributed by atoms with Gasteiger partial charge in [0.2, 0.25) is 5.75 Å². The number of methoxy groups -OCH3 is 4. The highest BCUT2D eigenvalue weighted by molar-refractivity contribution is 5.84. The summed E-state index contributed by atoms with van der Waals surface area (Å²) in [6.45, 7) is 7.81. The smallest absolute Gasteiger partial charge is 0.203 e. The molecule has 1 aliphatic heterocycles. The molecule has 0 aliphatic carbocycles. The number of fused-ring (bicyclic) bond motifs is 1. The van der Waals surface area contributed by atoms with Crippen LogP contribution in [0.1, 0.15) is 43.4 Å². The molecule has 3 aromatic rings. The number of aromatic nitrogens is 1. The van der Waals surface area contributed by atoms with Crippen molar-refractivity contribution in [3.8, 4) is 23.0 Å². The fourth-order valence-corrected chi connectivity index (χ4v) is 5.88. The summed E-state index contributed by atoms with van der Waals surface area (Å²) >= 11 is 0. The normalized spacial score (nSPS) is 19.5. The lowest BCUT2D eigenvalue weighted by molar-refractivity contribution is -0.00358. The van der Waals surface area contributed by atoms with E-state index in [1.807, 2.05) is 36.4 Å². The second-order valence-electron chi connectivity index (χ2n) is 9.89. The van der Waals surface area contributed by atoms with Crippen molar-refractivity contribution in [1.82, 2.24) is 9.88 Å². The Morgan fingerprint density at radius 1 is 1.05 bits per heavy atom. The van der Waals surface area contributed by atoms with Gasteiger partial charge in [-0.05, 0) is 85.2 Å². The van der Waals surface area contributed by atoms with Crippen LogP contribution in [0.25, 0.3) is 10.9 Å². The number of allylic oxidation sites excluding steroid dienone is 1. The van der Waals surface area contributed by atoms with E-state index in [1.165, 1.54) is 0 Å². The summed E-state index contributed by atoms with van der Waals surface area (Å²) in [5, 5.41) is 12.9. The number of hydrogen-bond acceptors (Lipinski definition) is 7. The van der Waals surface area contributed by atoms with Gasteiger partial charge < -0.3 is 24.1 Å². The molecule has 4 atom stereocenters. The van der Waals surface area contributed by atoms with Crippen molar-refractivity contribution in [2.24, 2.45) is 11.8 Å². The maximum absolute atomic E-state index is 12.0. The molecule has 204 valence electrons. The number of piperidine rings is 1. The van der Waals surface area contributed by atoms with Crippen LogP contribution in [0.4, 0.5) is 0 Å². The zero-order valence-electron chi connectivity index (χ0n) is 23.1. The summed E-state index contributed by atoms with van der Waals surface area (Å²) in [5.41, 5.74) is 2.73. The molecule has 0 bridgehead atoms. The van der Waals surface area contributed by atoms with Gasteiger partial charge in [0.25, 0.3) is 0 Å². The molecule has 7 heteroatoms. The third-order valence-electron chi connectivity index (χ3n) is 7.96. The van der Waals surface area contributed by atoms with Crippen LogP contribution >= 0.6 is 0 Å². The van der Waals surface area contributed by atoms with Crippen molar-refractivity contribution in [3.05, 3.63) is 66.4 Å². The standard InChI is InChI=1S/C31H40N2O5/c1-7-21(8-2)22-12-14-33(19-20-15-28(36-4)31(38-6)29(16-20)37-5)27(17-22)30(34)24-11-13-32-26-10-9-23(35-3)18-25(24)26/h7,9-11,13,15-16,18,21-22,27,30,34H,1,8,12,14,17,19H2,2-6H3. The summed E-state index contributed by atoms with van der Waals surface area (Å²) < 4.78 is 22.2. The van der Waals surface area contributed by atoms with E-state index in [9.17, 15) is 5.11 Å². The van der Waals surface area contributed by atoms with Gasteiger partial charge in [-0.15, -0.1) is 6.58 Å². The van der Waals surface area contributed by atoms with E-state index in [1.54, 1.807) is 34.6 Å². The van der Waals surface area contributed by atoms with E-state index in [0.717, 1.165) is 53.6 Å². The molecule has 2 heterocycles. The Kier molecular flexibility index (Phi) is 9.13. The van der Waals surface area contributed by atoms with Crippen LogP contribution in [0.2, 0.25) is 0 Å². The van der Waals surface area contributed by atoms with Crippen LogP contribution in [-0.4, -0.2) is 56.0 Å². The summed E-state index contributed by atoms with van der Waals surface area (Å²) in [6.07, 6.45) is 6.09. The van der Waals surface area contributed by atoms with Gasteiger partial charge in [0, 0.05) is 24.2 Å². The largest absolute Gasteiger partial charge is 0.497 e. The zero-order chi connectivity index (χ0) is 27.2. The highest BCUT2D eigenvalue weighted by atomic mass is 16.5. The number of aliphatic hydroxyl groups excluding tert-OH is 1. The molecule has 0 saturated carbocycles. The first kappa shape index (κ1) is 27.7. The average molecular weight is 521 g/mol. The third-order valence-corrected chi connectivity index (χ3v) is 7.96. The Balaban J connectivity index is 1.72. The fraction of sp³-hybridized carbons (Fsp3) is 0.452. The van der Waals surface area contributed by atoms with E-state index in [4.69, 9.17) is 18.9 Å². The Hall–Kier alpha value is -3.29. The van der Waals surface area contributed by atoms with Crippen LogP contribution < -0.4 is 18.9 Å². The summed E-state index contributed by atoms with van der Waals surface area (Å²) in [5.74, 6) is 3.44. The minimum atomic E-state index is -0.709. The fourth-order valence-electron chi connectivity index (χ4n) is 5.88. The minimum Gasteiger partial charge on any atom is -0.497 e. The van der Waals surface area contributed by atoms with Crippen molar-refractivity contribution in [2.75, 3.05) is 35.0 Å². The number of rotatable bonds is 11. The average Bonchev–Trinajstić information content (AvgIpc) is 2.96. The SMILES string of the molecule is C=CC(CC)C1CCN(Cc2cc(OC)c(OC)c(OC)c2)C(C(O)c2ccnc3ccc(OC)cc23)C1. The number of likely N-dealkylation sites (tertiary alicyclic amines) is 1. The Morgan fingerprint density at radius 2 is 1.79 bits per heavy atom. The maximum Gasteiger partial charge on any atom is 0.203 e. The van der Waals surface area contributed by atoms with E-state index in [2.05, 4.69) is 29.5 Å². The molecule has 0 radical (unpaired) electrons. The third kappa shape index (κ3) is 5.59. The second-order valence-corrected chi connectivity index (χ2v) is 9.89. The second kappa shape index (κ2) is 12.5. The van der Waals surface area contributed by atoms with E-state index < -0.39 is 6.10 Å². The molecule has 4 rings (SSSR count). The monoisotopic (exact) mass is 520 g/mol. The molecule has 1 N–H and O–H groups in total. The molecule has 38 heavy (non-hydrogen) atoms. The van der Waals surface area contributed by atoms with Gasteiger partial charge in [-0.1, -0.05) is 13.0 Å². The van der Waals surface area contributed by atoms with Crippen molar-refractivity contribution >= 4 is 10.9 Å². The molecule has 7 nitrogen and oxygen atoms in total. The Labute approximate surface area is 226 Å². The maximum atomic E-state index is 12.0. The van der Waals surface area contributed by atoms with Gasteiger partial charge in [0.05, 0.1) is 40.1 Å². The van der Waals surface area contributed by atoms with Gasteiger partial charge >= 0.3 is 0 Å². The molecular formula is C31H40N2O5. The zero-order valence-corrected chi connectivity index (χ0v) is 23.1. The minimum absolute atomic E-state index is 0.0985.